The molecular formula is C16H28N2O. The smallest absolute Gasteiger partial charge is 0.0589 e. The van der Waals surface area contributed by atoms with Crippen molar-refractivity contribution in [1.82, 2.24) is 4.90 Å². The van der Waals surface area contributed by atoms with Crippen LogP contribution in [0.2, 0.25) is 0 Å². The standard InChI is InChI=1S/C16H28N2O/c1-14(2)13-18(10-11-19-4)9-8-17-16-7-5-6-15(3)12-16/h5-7,12,14,17H,8-11,13H2,1-4H3. The fourth-order valence-corrected chi connectivity index (χ4v) is 2.14. The van der Waals surface area contributed by atoms with Crippen LogP contribution >= 0.6 is 0 Å². The normalized spacial score (nSPS) is 11.3. The molecule has 0 aliphatic heterocycles. The van der Waals surface area contributed by atoms with Crippen LogP contribution in [0.4, 0.5) is 5.69 Å². The summed E-state index contributed by atoms with van der Waals surface area (Å²) in [6.45, 7) is 11.6. The van der Waals surface area contributed by atoms with Gasteiger partial charge in [0.25, 0.3) is 0 Å². The number of anilines is 1. The van der Waals surface area contributed by atoms with Gasteiger partial charge in [-0.15, -0.1) is 0 Å². The zero-order valence-electron chi connectivity index (χ0n) is 12.8. The zero-order chi connectivity index (χ0) is 14.1. The number of hydrogen-bond donors (Lipinski definition) is 1. The molecule has 0 atom stereocenters. The molecule has 3 nitrogen and oxygen atoms in total. The van der Waals surface area contributed by atoms with Gasteiger partial charge in [0.15, 0.2) is 0 Å². The lowest BCUT2D eigenvalue weighted by Crippen LogP contribution is -2.34. The highest BCUT2D eigenvalue weighted by molar-refractivity contribution is 5.45. The van der Waals surface area contributed by atoms with E-state index in [1.165, 1.54) is 11.3 Å². The van der Waals surface area contributed by atoms with E-state index in [4.69, 9.17) is 4.74 Å². The van der Waals surface area contributed by atoms with Crippen LogP contribution < -0.4 is 5.32 Å². The Hall–Kier alpha value is -1.06. The van der Waals surface area contributed by atoms with Gasteiger partial charge in [-0.05, 0) is 30.5 Å². The quantitative estimate of drug-likeness (QED) is 0.742. The van der Waals surface area contributed by atoms with Gasteiger partial charge in [-0.3, -0.25) is 4.90 Å². The maximum atomic E-state index is 5.17. The predicted molar refractivity (Wildman–Crippen MR) is 82.8 cm³/mol. The molecule has 0 bridgehead atoms. The number of aryl methyl sites for hydroxylation is 1. The largest absolute Gasteiger partial charge is 0.384 e. The van der Waals surface area contributed by atoms with E-state index in [1.54, 1.807) is 7.11 Å². The zero-order valence-corrected chi connectivity index (χ0v) is 12.8. The molecule has 0 saturated heterocycles. The second-order valence-electron chi connectivity index (χ2n) is 5.48. The van der Waals surface area contributed by atoms with Gasteiger partial charge in [-0.1, -0.05) is 26.0 Å². The summed E-state index contributed by atoms with van der Waals surface area (Å²) in [6.07, 6.45) is 0. The molecule has 0 heterocycles. The molecular weight excluding hydrogens is 236 g/mol. The minimum absolute atomic E-state index is 0.691. The van der Waals surface area contributed by atoms with Crippen molar-refractivity contribution in [3.8, 4) is 0 Å². The summed E-state index contributed by atoms with van der Waals surface area (Å²) in [7, 11) is 1.76. The average Bonchev–Trinajstić information content (AvgIpc) is 2.35. The van der Waals surface area contributed by atoms with E-state index in [0.717, 1.165) is 32.8 Å². The van der Waals surface area contributed by atoms with Crippen LogP contribution in [-0.2, 0) is 4.74 Å². The van der Waals surface area contributed by atoms with Crippen molar-refractivity contribution in [2.75, 3.05) is 45.2 Å². The fraction of sp³-hybridized carbons (Fsp3) is 0.625. The monoisotopic (exact) mass is 264 g/mol. The summed E-state index contributed by atoms with van der Waals surface area (Å²) in [5.41, 5.74) is 2.50. The van der Waals surface area contributed by atoms with Crippen molar-refractivity contribution in [1.29, 1.82) is 0 Å². The Balaban J connectivity index is 2.34. The first-order valence-corrected chi connectivity index (χ1v) is 7.13. The molecule has 1 aromatic carbocycles. The van der Waals surface area contributed by atoms with Gasteiger partial charge >= 0.3 is 0 Å². The first kappa shape index (κ1) is 16.0. The molecule has 0 amide bonds. The molecule has 0 aliphatic rings. The second-order valence-corrected chi connectivity index (χ2v) is 5.48. The molecule has 1 N–H and O–H groups in total. The topological polar surface area (TPSA) is 24.5 Å². The summed E-state index contributed by atoms with van der Waals surface area (Å²) in [4.78, 5) is 2.46. The van der Waals surface area contributed by atoms with Crippen molar-refractivity contribution in [2.45, 2.75) is 20.8 Å². The fourth-order valence-electron chi connectivity index (χ4n) is 2.14. The molecule has 0 fully saturated rings. The Kier molecular flexibility index (Phi) is 7.53. The maximum absolute atomic E-state index is 5.17. The Bertz CT molecular complexity index is 352. The summed E-state index contributed by atoms with van der Waals surface area (Å²) in [6, 6.07) is 8.51. The molecule has 19 heavy (non-hydrogen) atoms. The van der Waals surface area contributed by atoms with E-state index >= 15 is 0 Å². The molecule has 0 aromatic heterocycles. The molecule has 0 radical (unpaired) electrons. The number of nitrogens with zero attached hydrogens (tertiary/aromatic N) is 1. The summed E-state index contributed by atoms with van der Waals surface area (Å²) in [5, 5.41) is 3.48. The first-order valence-electron chi connectivity index (χ1n) is 7.13. The van der Waals surface area contributed by atoms with Gasteiger partial charge in [0.05, 0.1) is 6.61 Å². The average molecular weight is 264 g/mol. The van der Waals surface area contributed by atoms with E-state index in [2.05, 4.69) is 55.3 Å². The summed E-state index contributed by atoms with van der Waals surface area (Å²) < 4.78 is 5.17. The van der Waals surface area contributed by atoms with Gasteiger partial charge in [-0.25, -0.2) is 0 Å². The predicted octanol–water partition coefficient (Wildman–Crippen LogP) is 3.01. The van der Waals surface area contributed by atoms with E-state index < -0.39 is 0 Å². The van der Waals surface area contributed by atoms with Crippen LogP contribution in [0, 0.1) is 12.8 Å². The van der Waals surface area contributed by atoms with Crippen LogP contribution in [0.15, 0.2) is 24.3 Å². The highest BCUT2D eigenvalue weighted by Crippen LogP contribution is 2.09. The lowest BCUT2D eigenvalue weighted by atomic mass is 10.2. The highest BCUT2D eigenvalue weighted by Gasteiger charge is 2.06. The number of methoxy groups -OCH3 is 1. The Labute approximate surface area is 118 Å². The van der Waals surface area contributed by atoms with Gasteiger partial charge in [-0.2, -0.15) is 0 Å². The Morgan fingerprint density at radius 2 is 2.05 bits per heavy atom. The van der Waals surface area contributed by atoms with Gasteiger partial charge < -0.3 is 10.1 Å². The minimum Gasteiger partial charge on any atom is -0.384 e. The summed E-state index contributed by atoms with van der Waals surface area (Å²) >= 11 is 0. The number of hydrogen-bond acceptors (Lipinski definition) is 3. The number of benzene rings is 1. The first-order chi connectivity index (χ1) is 9.11. The third kappa shape index (κ3) is 7.19. The summed E-state index contributed by atoms with van der Waals surface area (Å²) in [5.74, 6) is 0.691. The maximum Gasteiger partial charge on any atom is 0.0589 e. The molecule has 0 spiro atoms. The molecule has 108 valence electrons. The molecule has 0 saturated carbocycles. The lowest BCUT2D eigenvalue weighted by molar-refractivity contribution is 0.143. The van der Waals surface area contributed by atoms with Crippen molar-refractivity contribution in [3.63, 3.8) is 0 Å². The van der Waals surface area contributed by atoms with Crippen molar-refractivity contribution < 1.29 is 4.74 Å². The van der Waals surface area contributed by atoms with Gasteiger partial charge in [0.1, 0.15) is 0 Å². The van der Waals surface area contributed by atoms with Gasteiger partial charge in [0.2, 0.25) is 0 Å². The second kappa shape index (κ2) is 8.94. The molecule has 1 rings (SSSR count). The highest BCUT2D eigenvalue weighted by atomic mass is 16.5. The van der Waals surface area contributed by atoms with Crippen molar-refractivity contribution >= 4 is 5.69 Å². The van der Waals surface area contributed by atoms with E-state index in [-0.39, 0.29) is 0 Å². The number of nitrogens with one attached hydrogen (secondary N) is 1. The minimum atomic E-state index is 0.691. The van der Waals surface area contributed by atoms with E-state index in [0.29, 0.717) is 5.92 Å². The van der Waals surface area contributed by atoms with Crippen molar-refractivity contribution in [2.24, 2.45) is 5.92 Å². The lowest BCUT2D eigenvalue weighted by Gasteiger charge is -2.24. The third-order valence-electron chi connectivity index (χ3n) is 3.01. The van der Waals surface area contributed by atoms with Crippen LogP contribution in [0.1, 0.15) is 19.4 Å². The van der Waals surface area contributed by atoms with E-state index in [1.807, 2.05) is 0 Å². The molecule has 0 aliphatic carbocycles. The molecule has 0 unspecified atom stereocenters. The number of ether oxygens (including phenoxy) is 1. The SMILES string of the molecule is COCCN(CCNc1cccc(C)c1)CC(C)C. The Morgan fingerprint density at radius 3 is 2.68 bits per heavy atom. The molecule has 3 heteroatoms. The van der Waals surface area contributed by atoms with Crippen LogP contribution in [0.25, 0.3) is 0 Å². The van der Waals surface area contributed by atoms with Crippen LogP contribution in [-0.4, -0.2) is 44.8 Å². The van der Waals surface area contributed by atoms with Gasteiger partial charge in [0, 0.05) is 39.0 Å². The van der Waals surface area contributed by atoms with Crippen LogP contribution in [0.3, 0.4) is 0 Å². The Morgan fingerprint density at radius 1 is 1.26 bits per heavy atom. The number of rotatable bonds is 9. The third-order valence-corrected chi connectivity index (χ3v) is 3.01. The molecule has 1 aromatic rings. The van der Waals surface area contributed by atoms with Crippen molar-refractivity contribution in [3.05, 3.63) is 29.8 Å². The van der Waals surface area contributed by atoms with Crippen LogP contribution in [0.5, 0.6) is 0 Å². The van der Waals surface area contributed by atoms with E-state index in [9.17, 15) is 0 Å².